The highest BCUT2D eigenvalue weighted by atomic mass is 16.5. The van der Waals surface area contributed by atoms with Gasteiger partial charge in [0.2, 0.25) is 0 Å². The molecule has 3 unspecified atom stereocenters. The lowest BCUT2D eigenvalue weighted by Gasteiger charge is -2.38. The van der Waals surface area contributed by atoms with Gasteiger partial charge in [-0.1, -0.05) is 6.42 Å². The highest BCUT2D eigenvalue weighted by Gasteiger charge is 2.50. The summed E-state index contributed by atoms with van der Waals surface area (Å²) >= 11 is 0. The highest BCUT2D eigenvalue weighted by Crippen LogP contribution is 2.57. The zero-order chi connectivity index (χ0) is 15.0. The fourth-order valence-corrected chi connectivity index (χ4v) is 4.99. The molecule has 21 heavy (non-hydrogen) atoms. The second kappa shape index (κ2) is 5.60. The Morgan fingerprint density at radius 3 is 2.76 bits per heavy atom. The molecule has 0 spiro atoms. The van der Waals surface area contributed by atoms with Gasteiger partial charge in [-0.25, -0.2) is 0 Å². The monoisotopic (exact) mass is 288 g/mol. The molecule has 2 bridgehead atoms. The maximum absolute atomic E-state index is 5.58. The molecular weight excluding hydrogens is 260 g/mol. The third-order valence-electron chi connectivity index (χ3n) is 5.90. The topological polar surface area (TPSA) is 34.2 Å². The Morgan fingerprint density at radius 1 is 1.38 bits per heavy atom. The molecule has 1 heterocycles. The molecule has 3 heteroatoms. The number of nitrogens with zero attached hydrogens (tertiary/aromatic N) is 1. The lowest BCUT2D eigenvalue weighted by atomic mass is 9.69. The summed E-state index contributed by atoms with van der Waals surface area (Å²) in [7, 11) is 3.85. The van der Waals surface area contributed by atoms with Gasteiger partial charge >= 0.3 is 0 Å². The van der Waals surface area contributed by atoms with E-state index in [-0.39, 0.29) is 0 Å². The van der Waals surface area contributed by atoms with Crippen molar-refractivity contribution in [2.24, 2.45) is 17.3 Å². The largest absolute Gasteiger partial charge is 0.496 e. The van der Waals surface area contributed by atoms with Crippen LogP contribution in [0.15, 0.2) is 6.20 Å². The van der Waals surface area contributed by atoms with Crippen LogP contribution < -0.4 is 10.1 Å². The molecule has 2 saturated carbocycles. The van der Waals surface area contributed by atoms with E-state index in [1.807, 2.05) is 6.20 Å². The number of hydrogen-bond donors (Lipinski definition) is 1. The van der Waals surface area contributed by atoms with Crippen LogP contribution >= 0.6 is 0 Å². The van der Waals surface area contributed by atoms with Crippen molar-refractivity contribution < 1.29 is 4.74 Å². The number of methoxy groups -OCH3 is 1. The maximum atomic E-state index is 5.58. The Hall–Kier alpha value is -1.09. The molecule has 0 radical (unpaired) electrons. The lowest BCUT2D eigenvalue weighted by molar-refractivity contribution is 0.158. The lowest BCUT2D eigenvalue weighted by Crippen LogP contribution is -2.39. The summed E-state index contributed by atoms with van der Waals surface area (Å²) in [6.45, 7) is 5.35. The normalized spacial score (nSPS) is 30.9. The van der Waals surface area contributed by atoms with E-state index < -0.39 is 0 Å². The van der Waals surface area contributed by atoms with Gasteiger partial charge in [-0.3, -0.25) is 4.98 Å². The van der Waals surface area contributed by atoms with Crippen LogP contribution in [-0.4, -0.2) is 25.7 Å². The standard InChI is InChI=1S/C18H28N2O/c1-12-10-20-16(13(2)17(12)21-4)9-18(11-19-3)8-14-5-6-15(18)7-14/h10,14-15,19H,5-9,11H2,1-4H3. The molecule has 2 aliphatic carbocycles. The average Bonchev–Trinajstić information content (AvgIpc) is 3.04. The molecular formula is C18H28N2O. The van der Waals surface area contributed by atoms with Gasteiger partial charge in [0.1, 0.15) is 5.75 Å². The Balaban J connectivity index is 1.91. The number of pyridine rings is 1. The Labute approximate surface area is 128 Å². The predicted molar refractivity (Wildman–Crippen MR) is 85.8 cm³/mol. The van der Waals surface area contributed by atoms with Gasteiger partial charge in [0.15, 0.2) is 0 Å². The van der Waals surface area contributed by atoms with Crippen LogP contribution in [0, 0.1) is 31.1 Å². The first-order chi connectivity index (χ1) is 10.1. The van der Waals surface area contributed by atoms with E-state index >= 15 is 0 Å². The molecule has 3 atom stereocenters. The van der Waals surface area contributed by atoms with Gasteiger partial charge in [0.25, 0.3) is 0 Å². The average molecular weight is 288 g/mol. The second-order valence-electron chi connectivity index (χ2n) is 7.20. The molecule has 116 valence electrons. The SMILES string of the molecule is CNCC1(Cc2ncc(C)c(OC)c2C)CC2CCC1C2. The van der Waals surface area contributed by atoms with E-state index in [1.165, 1.54) is 36.9 Å². The third-order valence-corrected chi connectivity index (χ3v) is 5.90. The Morgan fingerprint density at radius 2 is 2.19 bits per heavy atom. The number of hydrogen-bond acceptors (Lipinski definition) is 3. The summed E-state index contributed by atoms with van der Waals surface area (Å²) in [6, 6.07) is 0. The van der Waals surface area contributed by atoms with Crippen molar-refractivity contribution in [2.45, 2.75) is 46.0 Å². The minimum atomic E-state index is 0.412. The quantitative estimate of drug-likeness (QED) is 0.903. The summed E-state index contributed by atoms with van der Waals surface area (Å²) in [5.74, 6) is 2.85. The minimum Gasteiger partial charge on any atom is -0.496 e. The fraction of sp³-hybridized carbons (Fsp3) is 0.722. The molecule has 1 aromatic rings. The minimum absolute atomic E-state index is 0.412. The number of fused-ring (bicyclic) bond motifs is 2. The van der Waals surface area contributed by atoms with E-state index in [4.69, 9.17) is 9.72 Å². The molecule has 2 aliphatic rings. The van der Waals surface area contributed by atoms with E-state index in [9.17, 15) is 0 Å². The Kier molecular flexibility index (Phi) is 3.96. The fourth-order valence-electron chi connectivity index (χ4n) is 4.99. The number of rotatable bonds is 5. The van der Waals surface area contributed by atoms with Gasteiger partial charge in [0, 0.05) is 29.6 Å². The van der Waals surface area contributed by atoms with Crippen molar-refractivity contribution >= 4 is 0 Å². The molecule has 1 N–H and O–H groups in total. The first kappa shape index (κ1) is 14.8. The number of aromatic nitrogens is 1. The molecule has 3 nitrogen and oxygen atoms in total. The summed E-state index contributed by atoms with van der Waals surface area (Å²) in [5.41, 5.74) is 4.01. The van der Waals surface area contributed by atoms with E-state index in [1.54, 1.807) is 7.11 Å². The van der Waals surface area contributed by atoms with Gasteiger partial charge in [-0.2, -0.15) is 0 Å². The molecule has 0 amide bonds. The zero-order valence-corrected chi connectivity index (χ0v) is 13.8. The summed E-state index contributed by atoms with van der Waals surface area (Å²) in [5, 5.41) is 3.46. The van der Waals surface area contributed by atoms with E-state index in [0.29, 0.717) is 5.41 Å². The van der Waals surface area contributed by atoms with Crippen molar-refractivity contribution in [3.05, 3.63) is 23.0 Å². The van der Waals surface area contributed by atoms with Crippen LogP contribution in [-0.2, 0) is 6.42 Å². The Bertz CT molecular complexity index is 528. The number of nitrogens with one attached hydrogen (secondary N) is 1. The summed E-state index contributed by atoms with van der Waals surface area (Å²) in [6.07, 6.45) is 8.73. The molecule has 0 saturated heterocycles. The van der Waals surface area contributed by atoms with Gasteiger partial charge in [-0.15, -0.1) is 0 Å². The van der Waals surface area contributed by atoms with Gasteiger partial charge in [0.05, 0.1) is 7.11 Å². The number of aryl methyl sites for hydroxylation is 1. The van der Waals surface area contributed by atoms with E-state index in [2.05, 4.69) is 26.2 Å². The molecule has 0 aliphatic heterocycles. The third kappa shape index (κ3) is 2.46. The van der Waals surface area contributed by atoms with Crippen LogP contribution in [0.3, 0.4) is 0 Å². The maximum Gasteiger partial charge on any atom is 0.128 e. The summed E-state index contributed by atoms with van der Waals surface area (Å²) in [4.78, 5) is 4.75. The van der Waals surface area contributed by atoms with Crippen LogP contribution in [0.5, 0.6) is 5.75 Å². The smallest absolute Gasteiger partial charge is 0.128 e. The van der Waals surface area contributed by atoms with Crippen LogP contribution in [0.4, 0.5) is 0 Å². The number of ether oxygens (including phenoxy) is 1. The molecule has 2 fully saturated rings. The van der Waals surface area contributed by atoms with Gasteiger partial charge < -0.3 is 10.1 Å². The molecule has 3 rings (SSSR count). The van der Waals surface area contributed by atoms with Crippen LogP contribution in [0.1, 0.15) is 42.5 Å². The first-order valence-electron chi connectivity index (χ1n) is 8.23. The van der Waals surface area contributed by atoms with Crippen molar-refractivity contribution in [2.75, 3.05) is 20.7 Å². The van der Waals surface area contributed by atoms with E-state index in [0.717, 1.165) is 36.1 Å². The first-order valence-corrected chi connectivity index (χ1v) is 8.23. The van der Waals surface area contributed by atoms with Crippen molar-refractivity contribution in [3.63, 3.8) is 0 Å². The summed E-state index contributed by atoms with van der Waals surface area (Å²) < 4.78 is 5.58. The van der Waals surface area contributed by atoms with Crippen molar-refractivity contribution in [1.29, 1.82) is 0 Å². The van der Waals surface area contributed by atoms with Crippen LogP contribution in [0.25, 0.3) is 0 Å². The predicted octanol–water partition coefficient (Wildman–Crippen LogP) is 3.28. The second-order valence-corrected chi connectivity index (χ2v) is 7.20. The van der Waals surface area contributed by atoms with Crippen molar-refractivity contribution in [3.8, 4) is 5.75 Å². The van der Waals surface area contributed by atoms with Crippen LogP contribution in [0.2, 0.25) is 0 Å². The molecule has 1 aromatic heterocycles. The highest BCUT2D eigenvalue weighted by molar-refractivity contribution is 5.41. The van der Waals surface area contributed by atoms with Gasteiger partial charge in [-0.05, 0) is 63.8 Å². The zero-order valence-electron chi connectivity index (χ0n) is 13.8. The molecule has 0 aromatic carbocycles. The van der Waals surface area contributed by atoms with Crippen molar-refractivity contribution in [1.82, 2.24) is 10.3 Å².